The van der Waals surface area contributed by atoms with Crippen molar-refractivity contribution < 1.29 is 18.9 Å². The van der Waals surface area contributed by atoms with Crippen LogP contribution in [-0.2, 0) is 9.59 Å². The zero-order chi connectivity index (χ0) is 16.3. The highest BCUT2D eigenvalue weighted by Gasteiger charge is 2.26. The minimum absolute atomic E-state index is 0.126. The van der Waals surface area contributed by atoms with Gasteiger partial charge in [-0.15, -0.1) is 0 Å². The number of amides is 1. The number of thioether (sulfide) groups is 1. The summed E-state index contributed by atoms with van der Waals surface area (Å²) >= 11 is 0.952. The number of hydrogen-bond acceptors (Lipinski definition) is 7. The first kappa shape index (κ1) is 16.8. The zero-order valence-corrected chi connectivity index (χ0v) is 14.1. The molecule has 8 nitrogen and oxygen atoms in total. The highest BCUT2D eigenvalue weighted by Crippen LogP contribution is 2.31. The van der Waals surface area contributed by atoms with Gasteiger partial charge in [0.1, 0.15) is 5.88 Å². The third kappa shape index (κ3) is 4.20. The van der Waals surface area contributed by atoms with Gasteiger partial charge in [0.2, 0.25) is 5.27 Å². The summed E-state index contributed by atoms with van der Waals surface area (Å²) in [4.78, 5) is 27.1. The Morgan fingerprint density at radius 2 is 2.00 bits per heavy atom. The molecule has 1 aromatic rings. The van der Waals surface area contributed by atoms with Crippen LogP contribution in [0.5, 0.6) is 0 Å². The van der Waals surface area contributed by atoms with Crippen LogP contribution in [-0.4, -0.2) is 59.2 Å². The Morgan fingerprint density at radius 1 is 1.36 bits per heavy atom. The molecule has 0 N–H and O–H groups in total. The van der Waals surface area contributed by atoms with E-state index in [0.717, 1.165) is 37.9 Å². The summed E-state index contributed by atoms with van der Waals surface area (Å²) in [6.07, 6.45) is 1.58. The number of piperazine rings is 1. The van der Waals surface area contributed by atoms with Crippen LogP contribution in [0.15, 0.2) is 10.7 Å². The molecule has 0 aliphatic carbocycles. The van der Waals surface area contributed by atoms with Gasteiger partial charge in [-0.25, -0.2) is 0 Å². The van der Waals surface area contributed by atoms with Crippen molar-refractivity contribution in [2.24, 2.45) is 0 Å². The van der Waals surface area contributed by atoms with Gasteiger partial charge in [-0.3, -0.25) is 4.79 Å². The Labute approximate surface area is 133 Å². The zero-order valence-electron chi connectivity index (χ0n) is 13.3. The molecule has 0 saturated carbocycles. The number of aromatic nitrogens is 2. The normalized spacial score (nSPS) is 16.6. The third-order valence-electron chi connectivity index (χ3n) is 3.34. The van der Waals surface area contributed by atoms with E-state index in [0.29, 0.717) is 0 Å². The van der Waals surface area contributed by atoms with E-state index in [9.17, 15) is 9.59 Å². The first-order chi connectivity index (χ1) is 10.3. The molecule has 0 unspecified atom stereocenters. The summed E-state index contributed by atoms with van der Waals surface area (Å²) in [5.41, 5.74) is 0. The van der Waals surface area contributed by atoms with Crippen molar-refractivity contribution >= 4 is 28.7 Å². The Kier molecular flexibility index (Phi) is 5.07. The molecule has 1 fully saturated rings. The molecule has 0 bridgehead atoms. The van der Waals surface area contributed by atoms with Crippen molar-refractivity contribution in [1.29, 1.82) is 0 Å². The molecule has 9 heteroatoms. The van der Waals surface area contributed by atoms with E-state index < -0.39 is 10.7 Å². The van der Waals surface area contributed by atoms with Crippen LogP contribution in [0.4, 0.5) is 5.88 Å². The van der Waals surface area contributed by atoms with Crippen molar-refractivity contribution in [3.63, 3.8) is 0 Å². The number of carbonyl (C=O) groups excluding carboxylic acids is 2. The molecule has 122 valence electrons. The number of nitrogens with zero attached hydrogens (tertiary/aromatic N) is 5. The lowest BCUT2D eigenvalue weighted by Crippen LogP contribution is -2.64. The smallest absolute Gasteiger partial charge is 0.257 e. The van der Waals surface area contributed by atoms with Gasteiger partial charge in [0.25, 0.3) is 6.20 Å². The average Bonchev–Trinajstić information content (AvgIpc) is 2.86. The topological polar surface area (TPSA) is 84.6 Å². The third-order valence-corrected chi connectivity index (χ3v) is 4.31. The van der Waals surface area contributed by atoms with Crippen molar-refractivity contribution in [3.05, 3.63) is 11.5 Å². The van der Waals surface area contributed by atoms with Gasteiger partial charge in [0, 0.05) is 20.0 Å². The van der Waals surface area contributed by atoms with E-state index in [-0.39, 0.29) is 11.0 Å². The van der Waals surface area contributed by atoms with E-state index in [1.54, 1.807) is 24.8 Å². The van der Waals surface area contributed by atoms with Gasteiger partial charge in [-0.2, -0.15) is 5.01 Å². The molecule has 1 aliphatic heterocycles. The maximum absolute atomic E-state index is 12.1. The molecule has 1 saturated heterocycles. The summed E-state index contributed by atoms with van der Waals surface area (Å²) in [7, 11) is 2.07. The van der Waals surface area contributed by atoms with E-state index in [1.165, 1.54) is 6.92 Å². The van der Waals surface area contributed by atoms with Crippen LogP contribution in [0.3, 0.4) is 0 Å². The fraction of sp³-hybridized carbons (Fsp3) is 0.692. The van der Waals surface area contributed by atoms with Crippen molar-refractivity contribution in [2.75, 3.05) is 38.2 Å². The van der Waals surface area contributed by atoms with Crippen molar-refractivity contribution in [3.8, 4) is 0 Å². The first-order valence-electron chi connectivity index (χ1n) is 7.06. The lowest BCUT2D eigenvalue weighted by atomic mass is 10.2. The van der Waals surface area contributed by atoms with Gasteiger partial charge < -0.3 is 19.5 Å². The van der Waals surface area contributed by atoms with Gasteiger partial charge >= 0.3 is 0 Å². The standard InChI is InChI=1S/C13H21N5O3S/c1-10(19)22-13(2,3)12(20)14-11-9-18(15-21-11)17-7-5-16(4)6-8-17/h9H,5-8H2,1-4H3. The number of hydrogen-bond donors (Lipinski definition) is 0. The maximum Gasteiger partial charge on any atom is 0.257 e. The van der Waals surface area contributed by atoms with Crippen LogP contribution >= 0.6 is 11.8 Å². The molecule has 0 aromatic carbocycles. The Balaban J connectivity index is 1.97. The predicted octanol–water partition coefficient (Wildman–Crippen LogP) is 0.436. The van der Waals surface area contributed by atoms with Gasteiger partial charge in [0.15, 0.2) is 5.12 Å². The molecule has 0 radical (unpaired) electrons. The maximum atomic E-state index is 12.1. The quantitative estimate of drug-likeness (QED) is 0.742. The summed E-state index contributed by atoms with van der Waals surface area (Å²) < 4.78 is 4.17. The fourth-order valence-corrected chi connectivity index (χ4v) is 2.90. The summed E-state index contributed by atoms with van der Waals surface area (Å²) in [6.45, 7) is 8.28. The minimum atomic E-state index is -0.919. The molecule has 1 amide bonds. The minimum Gasteiger partial charge on any atom is -0.587 e. The lowest BCUT2D eigenvalue weighted by Gasteiger charge is -2.28. The second-order valence-corrected chi connectivity index (χ2v) is 7.54. The van der Waals surface area contributed by atoms with Crippen LogP contribution < -0.4 is 9.80 Å². The molecular formula is C13H21N5O3S. The van der Waals surface area contributed by atoms with E-state index >= 15 is 0 Å². The summed E-state index contributed by atoms with van der Waals surface area (Å²) in [6, 6.07) is 0. The molecule has 2 heterocycles. The monoisotopic (exact) mass is 327 g/mol. The molecule has 22 heavy (non-hydrogen) atoms. The molecule has 2 rings (SSSR count). The highest BCUT2D eigenvalue weighted by atomic mass is 32.2. The molecule has 1 aliphatic rings. The van der Waals surface area contributed by atoms with E-state index in [2.05, 4.69) is 22.5 Å². The number of rotatable bonds is 4. The largest absolute Gasteiger partial charge is 0.587 e. The molecule has 1 aromatic heterocycles. The predicted molar refractivity (Wildman–Crippen MR) is 82.5 cm³/mol. The summed E-state index contributed by atoms with van der Waals surface area (Å²) in [5, 5.41) is 9.70. The molecular weight excluding hydrogens is 306 g/mol. The second-order valence-electron chi connectivity index (χ2n) is 5.74. The number of likely N-dealkylation sites (N-methyl/N-ethyl adjacent to an activating group) is 1. The van der Waals surface area contributed by atoms with Crippen LogP contribution in [0.2, 0.25) is 0 Å². The SMILES string of the molecule is CC(=O)SC(C)(C)C(=O)[N-]c1c[n+](N2CCN(C)CC2)no1. The highest BCUT2D eigenvalue weighted by molar-refractivity contribution is 8.15. The lowest BCUT2D eigenvalue weighted by molar-refractivity contribution is -0.759. The Bertz CT molecular complexity index is 552. The molecule has 0 atom stereocenters. The van der Waals surface area contributed by atoms with E-state index in [4.69, 9.17) is 4.52 Å². The number of carbonyl (C=O) groups is 2. The van der Waals surface area contributed by atoms with Crippen LogP contribution in [0.25, 0.3) is 5.32 Å². The fourth-order valence-electron chi connectivity index (χ4n) is 2.05. The van der Waals surface area contributed by atoms with Crippen LogP contribution in [0.1, 0.15) is 20.8 Å². The van der Waals surface area contributed by atoms with Crippen molar-refractivity contribution in [1.82, 2.24) is 10.2 Å². The summed E-state index contributed by atoms with van der Waals surface area (Å²) in [5.74, 6) is -0.282. The van der Waals surface area contributed by atoms with Crippen LogP contribution in [0, 0.1) is 0 Å². The van der Waals surface area contributed by atoms with Crippen molar-refractivity contribution in [2.45, 2.75) is 25.5 Å². The first-order valence-corrected chi connectivity index (χ1v) is 7.88. The Hall–Kier alpha value is -1.61. The van der Waals surface area contributed by atoms with Gasteiger partial charge in [0.05, 0.1) is 28.5 Å². The Morgan fingerprint density at radius 3 is 2.59 bits per heavy atom. The van der Waals surface area contributed by atoms with Gasteiger partial charge in [-0.05, 0) is 20.9 Å². The second kappa shape index (κ2) is 6.66. The average molecular weight is 327 g/mol. The van der Waals surface area contributed by atoms with Gasteiger partial charge in [-0.1, -0.05) is 11.8 Å². The molecule has 0 spiro atoms. The van der Waals surface area contributed by atoms with E-state index in [1.807, 2.05) is 5.01 Å².